The van der Waals surface area contributed by atoms with Gasteiger partial charge in [0, 0.05) is 5.56 Å². The van der Waals surface area contributed by atoms with Crippen LogP contribution in [-0.4, -0.2) is 24.2 Å². The number of Topliss-reactive ketones (excluding diaryl/α,β-unsaturated/α-hetero) is 1. The molecule has 0 fully saturated rings. The third kappa shape index (κ3) is 2.07. The van der Waals surface area contributed by atoms with Gasteiger partial charge in [0.15, 0.2) is 11.3 Å². The molecule has 1 aromatic carbocycles. The van der Waals surface area contributed by atoms with Gasteiger partial charge in [-0.15, -0.1) is 0 Å². The highest BCUT2D eigenvalue weighted by molar-refractivity contribution is 9.10. The molecular weight excluding hydrogens is 286 g/mol. The Morgan fingerprint density at radius 1 is 1.41 bits per heavy atom. The van der Waals surface area contributed by atoms with Crippen molar-refractivity contribution in [3.63, 3.8) is 0 Å². The number of halogens is 1. The van der Waals surface area contributed by atoms with E-state index < -0.39 is 5.60 Å². The SMILES string of the molecule is COc1ccc(C2=NOC(C)(C)C2=O)cc1Br. The van der Waals surface area contributed by atoms with Crippen molar-refractivity contribution in [2.75, 3.05) is 7.11 Å². The zero-order chi connectivity index (χ0) is 12.6. The Bertz CT molecular complexity index is 508. The van der Waals surface area contributed by atoms with E-state index in [9.17, 15) is 4.79 Å². The van der Waals surface area contributed by atoms with Gasteiger partial charge in [-0.25, -0.2) is 0 Å². The third-order valence-electron chi connectivity index (χ3n) is 2.55. The molecule has 0 atom stereocenters. The number of methoxy groups -OCH3 is 1. The first-order chi connectivity index (χ1) is 7.95. The zero-order valence-electron chi connectivity index (χ0n) is 9.78. The smallest absolute Gasteiger partial charge is 0.230 e. The fraction of sp³-hybridized carbons (Fsp3) is 0.333. The highest BCUT2D eigenvalue weighted by Crippen LogP contribution is 2.28. The van der Waals surface area contributed by atoms with E-state index >= 15 is 0 Å². The van der Waals surface area contributed by atoms with Crippen LogP contribution in [0.2, 0.25) is 0 Å². The number of carbonyl (C=O) groups is 1. The van der Waals surface area contributed by atoms with Gasteiger partial charge < -0.3 is 9.57 Å². The Kier molecular flexibility index (Phi) is 2.95. The molecule has 0 aromatic heterocycles. The summed E-state index contributed by atoms with van der Waals surface area (Å²) >= 11 is 3.37. The molecular formula is C12H12BrNO3. The van der Waals surface area contributed by atoms with E-state index in [-0.39, 0.29) is 5.78 Å². The van der Waals surface area contributed by atoms with Crippen LogP contribution in [0.5, 0.6) is 5.75 Å². The average molecular weight is 298 g/mol. The van der Waals surface area contributed by atoms with Crippen LogP contribution in [0, 0.1) is 0 Å². The summed E-state index contributed by atoms with van der Waals surface area (Å²) in [6.07, 6.45) is 0. The van der Waals surface area contributed by atoms with E-state index in [1.54, 1.807) is 39.2 Å². The lowest BCUT2D eigenvalue weighted by Crippen LogP contribution is -2.33. The maximum Gasteiger partial charge on any atom is 0.230 e. The molecule has 1 heterocycles. The molecule has 0 unspecified atom stereocenters. The highest BCUT2D eigenvalue weighted by atomic mass is 79.9. The number of hydrogen-bond donors (Lipinski definition) is 0. The first-order valence-corrected chi connectivity index (χ1v) is 5.90. The molecule has 1 aliphatic heterocycles. The van der Waals surface area contributed by atoms with Gasteiger partial charge in [-0.05, 0) is 48.0 Å². The fourth-order valence-electron chi connectivity index (χ4n) is 1.53. The van der Waals surface area contributed by atoms with Crippen molar-refractivity contribution in [2.24, 2.45) is 5.16 Å². The molecule has 1 aromatic rings. The molecule has 0 N–H and O–H groups in total. The van der Waals surface area contributed by atoms with Crippen LogP contribution in [0.4, 0.5) is 0 Å². The van der Waals surface area contributed by atoms with Crippen molar-refractivity contribution in [3.8, 4) is 5.75 Å². The molecule has 0 saturated carbocycles. The molecule has 0 radical (unpaired) electrons. The Morgan fingerprint density at radius 2 is 2.12 bits per heavy atom. The summed E-state index contributed by atoms with van der Waals surface area (Å²) in [6, 6.07) is 5.35. The number of benzene rings is 1. The number of ketones is 1. The van der Waals surface area contributed by atoms with E-state index in [1.807, 2.05) is 0 Å². The highest BCUT2D eigenvalue weighted by Gasteiger charge is 2.40. The second-order valence-electron chi connectivity index (χ2n) is 4.22. The molecule has 0 bridgehead atoms. The lowest BCUT2D eigenvalue weighted by Gasteiger charge is -2.11. The van der Waals surface area contributed by atoms with E-state index in [0.717, 1.165) is 4.47 Å². The first-order valence-electron chi connectivity index (χ1n) is 5.10. The molecule has 0 aliphatic carbocycles. The molecule has 2 rings (SSSR count). The number of rotatable bonds is 2. The molecule has 0 amide bonds. The largest absolute Gasteiger partial charge is 0.496 e. The second kappa shape index (κ2) is 4.14. The van der Waals surface area contributed by atoms with Gasteiger partial charge in [-0.3, -0.25) is 4.79 Å². The van der Waals surface area contributed by atoms with E-state index in [4.69, 9.17) is 9.57 Å². The molecule has 17 heavy (non-hydrogen) atoms. The number of nitrogens with zero attached hydrogens (tertiary/aromatic N) is 1. The summed E-state index contributed by atoms with van der Waals surface area (Å²) in [7, 11) is 1.59. The Morgan fingerprint density at radius 3 is 2.59 bits per heavy atom. The average Bonchev–Trinajstić information content (AvgIpc) is 2.54. The van der Waals surface area contributed by atoms with Crippen molar-refractivity contribution in [1.29, 1.82) is 0 Å². The topological polar surface area (TPSA) is 47.9 Å². The van der Waals surface area contributed by atoms with Crippen LogP contribution in [0.15, 0.2) is 27.8 Å². The molecule has 4 nitrogen and oxygen atoms in total. The molecule has 0 saturated heterocycles. The number of oxime groups is 1. The number of ether oxygens (including phenoxy) is 1. The predicted octanol–water partition coefficient (Wildman–Crippen LogP) is 2.54. The van der Waals surface area contributed by atoms with Crippen LogP contribution in [-0.2, 0) is 9.63 Å². The lowest BCUT2D eigenvalue weighted by molar-refractivity contribution is -0.128. The summed E-state index contributed by atoms with van der Waals surface area (Å²) in [6.45, 7) is 3.40. The monoisotopic (exact) mass is 297 g/mol. The minimum absolute atomic E-state index is 0.116. The molecule has 0 spiro atoms. The van der Waals surface area contributed by atoms with Crippen LogP contribution in [0.25, 0.3) is 0 Å². The van der Waals surface area contributed by atoms with Crippen molar-refractivity contribution < 1.29 is 14.4 Å². The van der Waals surface area contributed by atoms with Crippen LogP contribution < -0.4 is 4.74 Å². The van der Waals surface area contributed by atoms with Gasteiger partial charge in [0.1, 0.15) is 5.75 Å². The van der Waals surface area contributed by atoms with Crippen molar-refractivity contribution in [2.45, 2.75) is 19.4 Å². The maximum absolute atomic E-state index is 12.0. The first kappa shape index (κ1) is 12.1. The minimum Gasteiger partial charge on any atom is -0.496 e. The zero-order valence-corrected chi connectivity index (χ0v) is 11.4. The van der Waals surface area contributed by atoms with Crippen LogP contribution in [0.1, 0.15) is 19.4 Å². The normalized spacial score (nSPS) is 17.6. The second-order valence-corrected chi connectivity index (χ2v) is 5.07. The van der Waals surface area contributed by atoms with Gasteiger partial charge in [-0.2, -0.15) is 0 Å². The Labute approximate surface area is 108 Å². The standard InChI is InChI=1S/C12H12BrNO3/c1-12(2)11(15)10(14-17-12)7-4-5-9(16-3)8(13)6-7/h4-6H,1-3H3. The van der Waals surface area contributed by atoms with E-state index in [0.29, 0.717) is 17.0 Å². The summed E-state index contributed by atoms with van der Waals surface area (Å²) in [5.41, 5.74) is 0.188. The lowest BCUT2D eigenvalue weighted by atomic mass is 9.96. The number of carbonyl (C=O) groups excluding carboxylic acids is 1. The van der Waals surface area contributed by atoms with Crippen molar-refractivity contribution in [3.05, 3.63) is 28.2 Å². The van der Waals surface area contributed by atoms with Crippen molar-refractivity contribution in [1.82, 2.24) is 0 Å². The van der Waals surface area contributed by atoms with Gasteiger partial charge in [0.05, 0.1) is 11.6 Å². The summed E-state index contributed by atoms with van der Waals surface area (Å²) in [4.78, 5) is 17.1. The van der Waals surface area contributed by atoms with Crippen LogP contribution >= 0.6 is 15.9 Å². The Balaban J connectivity index is 2.37. The summed E-state index contributed by atoms with van der Waals surface area (Å²) in [5.74, 6) is 0.592. The molecule has 5 heteroatoms. The Hall–Kier alpha value is -1.36. The minimum atomic E-state index is -0.873. The van der Waals surface area contributed by atoms with Gasteiger partial charge in [0.2, 0.25) is 5.78 Å². The number of hydrogen-bond acceptors (Lipinski definition) is 4. The van der Waals surface area contributed by atoms with E-state index in [2.05, 4.69) is 21.1 Å². The summed E-state index contributed by atoms with van der Waals surface area (Å²) in [5, 5.41) is 3.84. The summed E-state index contributed by atoms with van der Waals surface area (Å²) < 4.78 is 5.90. The fourth-order valence-corrected chi connectivity index (χ4v) is 2.07. The van der Waals surface area contributed by atoms with E-state index in [1.165, 1.54) is 0 Å². The van der Waals surface area contributed by atoms with Gasteiger partial charge in [-0.1, -0.05) is 5.16 Å². The quantitative estimate of drug-likeness (QED) is 0.843. The molecule has 1 aliphatic rings. The predicted molar refractivity (Wildman–Crippen MR) is 67.4 cm³/mol. The van der Waals surface area contributed by atoms with Crippen LogP contribution in [0.3, 0.4) is 0 Å². The van der Waals surface area contributed by atoms with Crippen molar-refractivity contribution >= 4 is 27.4 Å². The molecule has 90 valence electrons. The third-order valence-corrected chi connectivity index (χ3v) is 3.17. The van der Waals surface area contributed by atoms with Gasteiger partial charge in [0.25, 0.3) is 0 Å². The maximum atomic E-state index is 12.0. The van der Waals surface area contributed by atoms with Gasteiger partial charge >= 0.3 is 0 Å².